The minimum absolute atomic E-state index is 0.743. The summed E-state index contributed by atoms with van der Waals surface area (Å²) in [7, 11) is 0. The molecule has 4 heteroatoms. The van der Waals surface area contributed by atoms with E-state index in [9.17, 15) is 0 Å². The van der Waals surface area contributed by atoms with E-state index in [1.54, 1.807) is 6.20 Å². The summed E-state index contributed by atoms with van der Waals surface area (Å²) in [5, 5.41) is 0. The van der Waals surface area contributed by atoms with E-state index < -0.39 is 0 Å². The lowest BCUT2D eigenvalue weighted by atomic mass is 9.86. The van der Waals surface area contributed by atoms with Gasteiger partial charge < -0.3 is 4.90 Å². The number of rotatable bonds is 3. The van der Waals surface area contributed by atoms with Crippen LogP contribution in [0.3, 0.4) is 0 Å². The van der Waals surface area contributed by atoms with Crippen molar-refractivity contribution in [1.82, 2.24) is 15.0 Å². The lowest BCUT2D eigenvalue weighted by molar-refractivity contribution is 0.411. The molecule has 0 saturated carbocycles. The lowest BCUT2D eigenvalue weighted by Gasteiger charge is -2.18. The Kier molecular flexibility index (Phi) is 3.82. The molecule has 118 valence electrons. The van der Waals surface area contributed by atoms with Crippen molar-refractivity contribution in [3.63, 3.8) is 0 Å². The normalized spacial score (nSPS) is 23.1. The molecule has 3 heterocycles. The number of allylic oxidation sites excluding steroid dienone is 2. The van der Waals surface area contributed by atoms with E-state index in [0.717, 1.165) is 54.4 Å². The van der Waals surface area contributed by atoms with Gasteiger partial charge in [0.25, 0.3) is 0 Å². The Bertz CT molecular complexity index is 695. The van der Waals surface area contributed by atoms with Gasteiger partial charge in [-0.1, -0.05) is 25.1 Å². The van der Waals surface area contributed by atoms with E-state index in [-0.39, 0.29) is 0 Å². The summed E-state index contributed by atoms with van der Waals surface area (Å²) in [6, 6.07) is 8.04. The molecule has 0 N–H and O–H groups in total. The van der Waals surface area contributed by atoms with E-state index in [0.29, 0.717) is 0 Å². The third-order valence-corrected chi connectivity index (χ3v) is 4.97. The van der Waals surface area contributed by atoms with Crippen molar-refractivity contribution in [3.05, 3.63) is 48.3 Å². The van der Waals surface area contributed by atoms with Gasteiger partial charge in [-0.2, -0.15) is 0 Å². The Morgan fingerprint density at radius 3 is 2.52 bits per heavy atom. The molecule has 0 amide bonds. The molecule has 1 saturated heterocycles. The van der Waals surface area contributed by atoms with Gasteiger partial charge in [0.2, 0.25) is 0 Å². The molecule has 4 nitrogen and oxygen atoms in total. The van der Waals surface area contributed by atoms with Gasteiger partial charge >= 0.3 is 0 Å². The summed E-state index contributed by atoms with van der Waals surface area (Å²) < 4.78 is 0. The minimum Gasteiger partial charge on any atom is -0.356 e. The molecule has 1 aliphatic carbocycles. The predicted octanol–water partition coefficient (Wildman–Crippen LogP) is 3.50. The average Bonchev–Trinajstić information content (AvgIpc) is 3.06. The van der Waals surface area contributed by atoms with Crippen molar-refractivity contribution < 1.29 is 0 Å². The van der Waals surface area contributed by atoms with Gasteiger partial charge in [0.05, 0.1) is 0 Å². The molecule has 2 unspecified atom stereocenters. The molecule has 2 atom stereocenters. The highest BCUT2D eigenvalue weighted by Crippen LogP contribution is 2.35. The number of aromatic nitrogens is 3. The van der Waals surface area contributed by atoms with E-state index in [1.165, 1.54) is 12.8 Å². The summed E-state index contributed by atoms with van der Waals surface area (Å²) in [5.74, 6) is 3.36. The first-order valence-electron chi connectivity index (χ1n) is 8.53. The largest absolute Gasteiger partial charge is 0.356 e. The molecule has 0 radical (unpaired) electrons. The van der Waals surface area contributed by atoms with Crippen LogP contribution in [0, 0.1) is 11.8 Å². The van der Waals surface area contributed by atoms with E-state index in [2.05, 4.69) is 40.0 Å². The second kappa shape index (κ2) is 6.11. The number of aryl methyl sites for hydroxylation is 1. The molecule has 2 aromatic rings. The van der Waals surface area contributed by atoms with Gasteiger partial charge in [0, 0.05) is 31.0 Å². The van der Waals surface area contributed by atoms with E-state index in [4.69, 9.17) is 4.98 Å². The summed E-state index contributed by atoms with van der Waals surface area (Å²) >= 11 is 0. The van der Waals surface area contributed by atoms with Crippen LogP contribution in [-0.2, 0) is 6.42 Å². The van der Waals surface area contributed by atoms with Crippen LogP contribution in [0.4, 0.5) is 5.82 Å². The Morgan fingerprint density at radius 2 is 1.87 bits per heavy atom. The van der Waals surface area contributed by atoms with Crippen LogP contribution in [0.15, 0.2) is 42.6 Å². The molecule has 1 aliphatic heterocycles. The number of hydrogen-bond acceptors (Lipinski definition) is 4. The van der Waals surface area contributed by atoms with Crippen molar-refractivity contribution in [2.24, 2.45) is 11.8 Å². The van der Waals surface area contributed by atoms with Gasteiger partial charge in [-0.15, -0.1) is 0 Å². The Morgan fingerprint density at radius 1 is 1.09 bits per heavy atom. The van der Waals surface area contributed by atoms with Gasteiger partial charge in [-0.25, -0.2) is 9.97 Å². The van der Waals surface area contributed by atoms with Gasteiger partial charge in [-0.3, -0.25) is 4.98 Å². The SMILES string of the molecule is CCc1cc(N2CC3CC=CCC3C2)nc(-c2ccccn2)n1. The zero-order valence-corrected chi connectivity index (χ0v) is 13.5. The minimum atomic E-state index is 0.743. The van der Waals surface area contributed by atoms with Gasteiger partial charge in [0.15, 0.2) is 5.82 Å². The lowest BCUT2D eigenvalue weighted by Crippen LogP contribution is -2.22. The number of nitrogens with zero attached hydrogens (tertiary/aromatic N) is 4. The second-order valence-corrected chi connectivity index (χ2v) is 6.48. The van der Waals surface area contributed by atoms with Crippen LogP contribution in [0.5, 0.6) is 0 Å². The highest BCUT2D eigenvalue weighted by Gasteiger charge is 2.33. The van der Waals surface area contributed by atoms with Gasteiger partial charge in [-0.05, 0) is 43.2 Å². The van der Waals surface area contributed by atoms with Crippen LogP contribution in [0.2, 0.25) is 0 Å². The maximum Gasteiger partial charge on any atom is 0.180 e. The first-order valence-corrected chi connectivity index (χ1v) is 8.53. The quantitative estimate of drug-likeness (QED) is 0.814. The number of hydrogen-bond donors (Lipinski definition) is 0. The molecule has 0 bridgehead atoms. The standard InChI is InChI=1S/C19H22N4/c1-2-16-11-18(22-19(21-16)17-9-5-6-10-20-17)23-12-14-7-3-4-8-15(14)13-23/h3-6,9-11,14-15H,2,7-8,12-13H2,1H3. The maximum absolute atomic E-state index is 4.82. The maximum atomic E-state index is 4.82. The molecule has 23 heavy (non-hydrogen) atoms. The topological polar surface area (TPSA) is 41.9 Å². The highest BCUT2D eigenvalue weighted by molar-refractivity contribution is 5.54. The molecule has 1 fully saturated rings. The Labute approximate surface area is 137 Å². The van der Waals surface area contributed by atoms with Crippen LogP contribution in [-0.4, -0.2) is 28.0 Å². The number of pyridine rings is 1. The zero-order valence-electron chi connectivity index (χ0n) is 13.5. The first-order chi connectivity index (χ1) is 11.3. The average molecular weight is 306 g/mol. The molecule has 2 aromatic heterocycles. The van der Waals surface area contributed by atoms with Crippen molar-refractivity contribution >= 4 is 5.82 Å². The van der Waals surface area contributed by atoms with Crippen molar-refractivity contribution in [2.75, 3.05) is 18.0 Å². The van der Waals surface area contributed by atoms with Crippen molar-refractivity contribution in [3.8, 4) is 11.5 Å². The Balaban J connectivity index is 1.66. The van der Waals surface area contributed by atoms with E-state index >= 15 is 0 Å². The summed E-state index contributed by atoms with van der Waals surface area (Å²) in [6.07, 6.45) is 9.80. The van der Waals surface area contributed by atoms with Crippen LogP contribution >= 0.6 is 0 Å². The first kappa shape index (κ1) is 14.4. The molecule has 0 spiro atoms. The van der Waals surface area contributed by atoms with Crippen molar-refractivity contribution in [2.45, 2.75) is 26.2 Å². The zero-order chi connectivity index (χ0) is 15.6. The van der Waals surface area contributed by atoms with Gasteiger partial charge in [0.1, 0.15) is 11.5 Å². The Hall–Kier alpha value is -2.23. The number of fused-ring (bicyclic) bond motifs is 1. The fraction of sp³-hybridized carbons (Fsp3) is 0.421. The summed E-state index contributed by atoms with van der Waals surface area (Å²) in [4.78, 5) is 16.3. The third-order valence-electron chi connectivity index (χ3n) is 4.97. The second-order valence-electron chi connectivity index (χ2n) is 6.48. The molecule has 2 aliphatic rings. The summed E-state index contributed by atoms with van der Waals surface area (Å²) in [6.45, 7) is 4.36. The van der Waals surface area contributed by atoms with Crippen molar-refractivity contribution in [1.29, 1.82) is 0 Å². The fourth-order valence-corrected chi connectivity index (χ4v) is 3.64. The monoisotopic (exact) mass is 306 g/mol. The molecular formula is C19H22N4. The fourth-order valence-electron chi connectivity index (χ4n) is 3.64. The molecule has 4 rings (SSSR count). The van der Waals surface area contributed by atoms with Crippen LogP contribution < -0.4 is 4.90 Å². The third kappa shape index (κ3) is 2.85. The molecular weight excluding hydrogens is 284 g/mol. The smallest absolute Gasteiger partial charge is 0.180 e. The summed E-state index contributed by atoms with van der Waals surface area (Å²) in [5.41, 5.74) is 1.94. The number of anilines is 1. The van der Waals surface area contributed by atoms with Crippen LogP contribution in [0.25, 0.3) is 11.5 Å². The van der Waals surface area contributed by atoms with Crippen LogP contribution in [0.1, 0.15) is 25.5 Å². The highest BCUT2D eigenvalue weighted by atomic mass is 15.2. The predicted molar refractivity (Wildman–Crippen MR) is 92.2 cm³/mol. The molecule has 0 aromatic carbocycles. The van der Waals surface area contributed by atoms with E-state index in [1.807, 2.05) is 18.2 Å².